The van der Waals surface area contributed by atoms with Crippen LogP contribution in [0.1, 0.15) is 17.4 Å². The molecule has 2 aromatic rings. The van der Waals surface area contributed by atoms with Crippen LogP contribution in [-0.2, 0) is 13.6 Å². The number of aromatic nitrogens is 2. The van der Waals surface area contributed by atoms with Gasteiger partial charge in [0, 0.05) is 32.0 Å². The smallest absolute Gasteiger partial charge is 0.137 e. The Hall–Kier alpha value is -1.56. The van der Waals surface area contributed by atoms with Gasteiger partial charge in [0.15, 0.2) is 0 Å². The van der Waals surface area contributed by atoms with E-state index in [0.29, 0.717) is 17.3 Å². The van der Waals surface area contributed by atoms with E-state index in [1.165, 1.54) is 0 Å². The predicted molar refractivity (Wildman–Crippen MR) is 84.5 cm³/mol. The minimum atomic E-state index is 0.0742. The van der Waals surface area contributed by atoms with Crippen molar-refractivity contribution in [3.05, 3.63) is 47.0 Å². The van der Waals surface area contributed by atoms with E-state index in [1.54, 1.807) is 13.3 Å². The highest BCUT2D eigenvalue weighted by Gasteiger charge is 2.18. The van der Waals surface area contributed by atoms with Crippen LogP contribution < -0.4 is 10.5 Å². The number of hydrogen-bond donors (Lipinski definition) is 1. The van der Waals surface area contributed by atoms with Crippen molar-refractivity contribution in [1.82, 2.24) is 14.5 Å². The molecule has 0 fully saturated rings. The zero-order valence-corrected chi connectivity index (χ0v) is 13.3. The molecule has 114 valence electrons. The Morgan fingerprint density at radius 2 is 2.24 bits per heavy atom. The third kappa shape index (κ3) is 3.56. The summed E-state index contributed by atoms with van der Waals surface area (Å²) in [5.74, 6) is 1.67. The lowest BCUT2D eigenvalue weighted by atomic mass is 10.1. The number of nitrogens with zero attached hydrogens (tertiary/aromatic N) is 3. The molecule has 0 bridgehead atoms. The first-order valence-electron chi connectivity index (χ1n) is 6.76. The Kier molecular flexibility index (Phi) is 5.22. The summed E-state index contributed by atoms with van der Waals surface area (Å²) < 4.78 is 7.19. The van der Waals surface area contributed by atoms with Gasteiger partial charge in [-0.25, -0.2) is 4.98 Å². The standard InChI is InChI=1S/C15H21ClN4O/c1-19-7-6-18-15(19)10-20(2)13(9-17)11-4-5-14(21-3)12(16)8-11/h4-8,13H,9-10,17H2,1-3H3. The van der Waals surface area contributed by atoms with Crippen LogP contribution in [0.4, 0.5) is 0 Å². The lowest BCUT2D eigenvalue weighted by Gasteiger charge is -2.27. The molecule has 0 amide bonds. The molecule has 0 saturated heterocycles. The van der Waals surface area contributed by atoms with E-state index in [-0.39, 0.29) is 6.04 Å². The molecule has 21 heavy (non-hydrogen) atoms. The number of imidazole rings is 1. The van der Waals surface area contributed by atoms with Gasteiger partial charge in [-0.15, -0.1) is 0 Å². The molecule has 2 N–H and O–H groups in total. The molecule has 1 atom stereocenters. The van der Waals surface area contributed by atoms with E-state index < -0.39 is 0 Å². The number of methoxy groups -OCH3 is 1. The Morgan fingerprint density at radius 1 is 1.48 bits per heavy atom. The summed E-state index contributed by atoms with van der Waals surface area (Å²) in [7, 11) is 5.62. The number of likely N-dealkylation sites (N-methyl/N-ethyl adjacent to an activating group) is 1. The van der Waals surface area contributed by atoms with Crippen molar-refractivity contribution in [3.63, 3.8) is 0 Å². The van der Waals surface area contributed by atoms with Crippen LogP contribution in [0.25, 0.3) is 0 Å². The van der Waals surface area contributed by atoms with Crippen LogP contribution in [-0.4, -0.2) is 35.2 Å². The first-order valence-corrected chi connectivity index (χ1v) is 7.14. The molecule has 0 aliphatic rings. The van der Waals surface area contributed by atoms with Crippen LogP contribution in [0.5, 0.6) is 5.75 Å². The Bertz CT molecular complexity index is 599. The highest BCUT2D eigenvalue weighted by Crippen LogP contribution is 2.29. The molecule has 0 saturated carbocycles. The summed E-state index contributed by atoms with van der Waals surface area (Å²) in [6.45, 7) is 1.22. The van der Waals surface area contributed by atoms with E-state index >= 15 is 0 Å². The van der Waals surface area contributed by atoms with Gasteiger partial charge < -0.3 is 15.0 Å². The number of ether oxygens (including phenoxy) is 1. The van der Waals surface area contributed by atoms with Crippen molar-refractivity contribution >= 4 is 11.6 Å². The maximum Gasteiger partial charge on any atom is 0.137 e. The summed E-state index contributed by atoms with van der Waals surface area (Å²) in [5, 5.41) is 0.596. The molecule has 0 spiro atoms. The summed E-state index contributed by atoms with van der Waals surface area (Å²) in [6.07, 6.45) is 3.73. The normalized spacial score (nSPS) is 12.7. The monoisotopic (exact) mass is 308 g/mol. The molecule has 0 radical (unpaired) electrons. The maximum absolute atomic E-state index is 6.20. The van der Waals surface area contributed by atoms with Crippen molar-refractivity contribution in [3.8, 4) is 5.75 Å². The average molecular weight is 309 g/mol. The zero-order valence-electron chi connectivity index (χ0n) is 12.6. The SMILES string of the molecule is COc1ccc(C(CN)N(C)Cc2nccn2C)cc1Cl. The second kappa shape index (κ2) is 6.93. The first-order chi connectivity index (χ1) is 10.1. The van der Waals surface area contributed by atoms with Crippen molar-refractivity contribution < 1.29 is 4.74 Å². The molecule has 1 aromatic carbocycles. The molecule has 6 heteroatoms. The molecular weight excluding hydrogens is 288 g/mol. The highest BCUT2D eigenvalue weighted by atomic mass is 35.5. The Labute approximate surface area is 130 Å². The predicted octanol–water partition coefficient (Wildman–Crippen LogP) is 2.21. The molecule has 2 rings (SSSR count). The van der Waals surface area contributed by atoms with Crippen LogP contribution in [0.3, 0.4) is 0 Å². The number of rotatable bonds is 6. The van der Waals surface area contributed by atoms with Gasteiger partial charge in [-0.2, -0.15) is 0 Å². The van der Waals surface area contributed by atoms with Crippen LogP contribution >= 0.6 is 11.6 Å². The second-order valence-corrected chi connectivity index (χ2v) is 5.42. The number of aryl methyl sites for hydroxylation is 1. The fourth-order valence-electron chi connectivity index (χ4n) is 2.34. The minimum absolute atomic E-state index is 0.0742. The van der Waals surface area contributed by atoms with E-state index in [1.807, 2.05) is 43.1 Å². The quantitative estimate of drug-likeness (QED) is 0.889. The van der Waals surface area contributed by atoms with Gasteiger partial charge >= 0.3 is 0 Å². The maximum atomic E-state index is 6.20. The van der Waals surface area contributed by atoms with Gasteiger partial charge in [0.1, 0.15) is 11.6 Å². The van der Waals surface area contributed by atoms with E-state index in [9.17, 15) is 0 Å². The number of halogens is 1. The summed E-state index contributed by atoms with van der Waals surface area (Å²) in [6, 6.07) is 5.85. The molecule has 0 aliphatic carbocycles. The molecule has 1 aromatic heterocycles. The lowest BCUT2D eigenvalue weighted by Crippen LogP contribution is -2.31. The number of nitrogens with two attached hydrogens (primary N) is 1. The van der Waals surface area contributed by atoms with Crippen LogP contribution in [0.15, 0.2) is 30.6 Å². The number of benzene rings is 1. The third-order valence-electron chi connectivity index (χ3n) is 3.63. The largest absolute Gasteiger partial charge is 0.495 e. The van der Waals surface area contributed by atoms with Gasteiger partial charge in [-0.3, -0.25) is 4.90 Å². The van der Waals surface area contributed by atoms with Crippen molar-refractivity contribution in [1.29, 1.82) is 0 Å². The molecule has 5 nitrogen and oxygen atoms in total. The Morgan fingerprint density at radius 3 is 2.76 bits per heavy atom. The first kappa shape index (κ1) is 15.8. The van der Waals surface area contributed by atoms with Gasteiger partial charge in [0.05, 0.1) is 18.7 Å². The molecular formula is C15H21ClN4O. The Balaban J connectivity index is 2.18. The second-order valence-electron chi connectivity index (χ2n) is 5.01. The van der Waals surface area contributed by atoms with Crippen molar-refractivity contribution in [2.45, 2.75) is 12.6 Å². The van der Waals surface area contributed by atoms with Crippen LogP contribution in [0, 0.1) is 0 Å². The third-order valence-corrected chi connectivity index (χ3v) is 3.92. The highest BCUT2D eigenvalue weighted by molar-refractivity contribution is 6.32. The van der Waals surface area contributed by atoms with Gasteiger partial charge in [-0.1, -0.05) is 17.7 Å². The molecule has 0 aliphatic heterocycles. The number of hydrogen-bond acceptors (Lipinski definition) is 4. The average Bonchev–Trinajstić information content (AvgIpc) is 2.85. The van der Waals surface area contributed by atoms with Crippen LogP contribution in [0.2, 0.25) is 5.02 Å². The molecule has 1 heterocycles. The minimum Gasteiger partial charge on any atom is -0.495 e. The van der Waals surface area contributed by atoms with Crippen molar-refractivity contribution in [2.75, 3.05) is 20.7 Å². The van der Waals surface area contributed by atoms with E-state index in [2.05, 4.69) is 9.88 Å². The fourth-order valence-corrected chi connectivity index (χ4v) is 2.61. The topological polar surface area (TPSA) is 56.3 Å². The van der Waals surface area contributed by atoms with Gasteiger partial charge in [0.2, 0.25) is 0 Å². The summed E-state index contributed by atoms with van der Waals surface area (Å²) in [4.78, 5) is 6.51. The molecule has 1 unspecified atom stereocenters. The van der Waals surface area contributed by atoms with E-state index in [4.69, 9.17) is 22.1 Å². The van der Waals surface area contributed by atoms with E-state index in [0.717, 1.165) is 17.9 Å². The summed E-state index contributed by atoms with van der Waals surface area (Å²) >= 11 is 6.20. The fraction of sp³-hybridized carbons (Fsp3) is 0.400. The zero-order chi connectivity index (χ0) is 15.4. The van der Waals surface area contributed by atoms with Gasteiger partial charge in [0.25, 0.3) is 0 Å². The lowest BCUT2D eigenvalue weighted by molar-refractivity contribution is 0.233. The summed E-state index contributed by atoms with van der Waals surface area (Å²) in [5.41, 5.74) is 7.02. The van der Waals surface area contributed by atoms with Gasteiger partial charge in [-0.05, 0) is 24.7 Å². The van der Waals surface area contributed by atoms with Crippen molar-refractivity contribution in [2.24, 2.45) is 12.8 Å².